The number of aromatic nitrogens is 1. The molecule has 1 heterocycles. The molecule has 1 aromatic heterocycles. The normalized spacial score (nSPS) is 10.6. The largest absolute Gasteiger partial charge is 0.371 e. The summed E-state index contributed by atoms with van der Waals surface area (Å²) in [5, 5.41) is 4.20. The summed E-state index contributed by atoms with van der Waals surface area (Å²) in [6.45, 7) is 3.29. The number of anilines is 2. The third-order valence-electron chi connectivity index (χ3n) is 3.21. The van der Waals surface area contributed by atoms with E-state index in [1.807, 2.05) is 24.4 Å². The van der Waals surface area contributed by atoms with Crippen molar-refractivity contribution in [2.75, 3.05) is 5.32 Å². The summed E-state index contributed by atoms with van der Waals surface area (Å²) in [4.78, 5) is 5.50. The topological polar surface area (TPSA) is 34.2 Å². The number of aryl methyl sites for hydroxylation is 1. The highest BCUT2D eigenvalue weighted by atomic mass is 32.1. The first-order valence-electron chi connectivity index (χ1n) is 7.20. The lowest BCUT2D eigenvalue weighted by molar-refractivity contribution is 0.109. The van der Waals surface area contributed by atoms with E-state index in [0.717, 1.165) is 15.7 Å². The second-order valence-corrected chi connectivity index (χ2v) is 6.22. The predicted molar refractivity (Wildman–Crippen MR) is 91.5 cm³/mol. The Morgan fingerprint density at radius 2 is 1.77 bits per heavy atom. The fourth-order valence-electron chi connectivity index (χ4n) is 2.04. The highest BCUT2D eigenvalue weighted by Gasteiger charge is 2.03. The first-order chi connectivity index (χ1) is 10.8. The van der Waals surface area contributed by atoms with Crippen LogP contribution in [0.2, 0.25) is 0 Å². The van der Waals surface area contributed by atoms with Crippen LogP contribution in [0.4, 0.5) is 10.8 Å². The third kappa shape index (κ3) is 4.16. The van der Waals surface area contributed by atoms with Crippen LogP contribution in [0.1, 0.15) is 16.0 Å². The van der Waals surface area contributed by atoms with Crippen LogP contribution in [0, 0.1) is 6.92 Å². The van der Waals surface area contributed by atoms with Crippen LogP contribution < -0.4 is 5.32 Å². The van der Waals surface area contributed by atoms with Crippen molar-refractivity contribution in [1.29, 1.82) is 0 Å². The van der Waals surface area contributed by atoms with E-state index >= 15 is 0 Å². The number of rotatable bonds is 6. The average molecular weight is 310 g/mol. The molecule has 3 aromatic rings. The molecule has 0 spiro atoms. The van der Waals surface area contributed by atoms with Crippen molar-refractivity contribution in [3.8, 4) is 0 Å². The molecule has 0 saturated heterocycles. The number of hydrogen-bond acceptors (Lipinski definition) is 4. The van der Waals surface area contributed by atoms with Crippen molar-refractivity contribution in [2.45, 2.75) is 20.1 Å². The van der Waals surface area contributed by atoms with Crippen LogP contribution in [0.25, 0.3) is 0 Å². The molecule has 0 fully saturated rings. The summed E-state index contributed by atoms with van der Waals surface area (Å²) in [6.07, 6.45) is 1.87. The SMILES string of the molecule is Cc1ccc(Nc2ncc(COCc3ccccc3)s2)cc1. The Morgan fingerprint density at radius 1 is 1.00 bits per heavy atom. The van der Waals surface area contributed by atoms with Gasteiger partial charge in [0.05, 0.1) is 18.1 Å². The highest BCUT2D eigenvalue weighted by molar-refractivity contribution is 7.15. The molecule has 0 atom stereocenters. The van der Waals surface area contributed by atoms with Gasteiger partial charge in [-0.2, -0.15) is 0 Å². The number of nitrogens with one attached hydrogen (secondary N) is 1. The van der Waals surface area contributed by atoms with Crippen molar-refractivity contribution in [3.05, 3.63) is 76.8 Å². The summed E-state index contributed by atoms with van der Waals surface area (Å²) in [7, 11) is 0. The van der Waals surface area contributed by atoms with Crippen molar-refractivity contribution >= 4 is 22.2 Å². The van der Waals surface area contributed by atoms with Crippen LogP contribution in [0.3, 0.4) is 0 Å². The average Bonchev–Trinajstić information content (AvgIpc) is 2.98. The van der Waals surface area contributed by atoms with Gasteiger partial charge < -0.3 is 10.1 Å². The Hall–Kier alpha value is -2.17. The van der Waals surface area contributed by atoms with Crippen LogP contribution in [0.5, 0.6) is 0 Å². The molecule has 0 bridgehead atoms. The number of benzene rings is 2. The Labute approximate surface area is 134 Å². The van der Waals surface area contributed by atoms with Gasteiger partial charge in [-0.1, -0.05) is 59.4 Å². The lowest BCUT2D eigenvalue weighted by atomic mass is 10.2. The Morgan fingerprint density at radius 3 is 2.55 bits per heavy atom. The van der Waals surface area contributed by atoms with Gasteiger partial charge in [0.2, 0.25) is 0 Å². The van der Waals surface area contributed by atoms with Crippen molar-refractivity contribution in [3.63, 3.8) is 0 Å². The zero-order valence-corrected chi connectivity index (χ0v) is 13.3. The molecule has 0 saturated carbocycles. The van der Waals surface area contributed by atoms with E-state index in [4.69, 9.17) is 4.74 Å². The summed E-state index contributed by atoms with van der Waals surface area (Å²) >= 11 is 1.62. The van der Waals surface area contributed by atoms with Gasteiger partial charge in [0, 0.05) is 11.9 Å². The fourth-order valence-corrected chi connectivity index (χ4v) is 2.81. The van der Waals surface area contributed by atoms with Gasteiger partial charge in [-0.25, -0.2) is 4.98 Å². The molecular formula is C18H18N2OS. The first kappa shape index (κ1) is 14.8. The van der Waals surface area contributed by atoms with Crippen LogP contribution in [-0.2, 0) is 18.0 Å². The van der Waals surface area contributed by atoms with Gasteiger partial charge in [0.15, 0.2) is 5.13 Å². The molecule has 22 heavy (non-hydrogen) atoms. The van der Waals surface area contributed by atoms with Gasteiger partial charge >= 0.3 is 0 Å². The molecule has 4 heteroatoms. The van der Waals surface area contributed by atoms with E-state index in [1.54, 1.807) is 11.3 Å². The monoisotopic (exact) mass is 310 g/mol. The molecule has 1 N–H and O–H groups in total. The third-order valence-corrected chi connectivity index (χ3v) is 4.10. The molecule has 3 nitrogen and oxygen atoms in total. The van der Waals surface area contributed by atoms with Crippen molar-refractivity contribution in [2.24, 2.45) is 0 Å². The Balaban J connectivity index is 1.51. The zero-order valence-electron chi connectivity index (χ0n) is 12.5. The van der Waals surface area contributed by atoms with E-state index in [9.17, 15) is 0 Å². The lowest BCUT2D eigenvalue weighted by Gasteiger charge is -2.03. The second-order valence-electron chi connectivity index (χ2n) is 5.10. The molecule has 0 aliphatic heterocycles. The minimum atomic E-state index is 0.585. The Bertz CT molecular complexity index is 707. The Kier molecular flexibility index (Phi) is 4.83. The predicted octanol–water partition coefficient (Wildman–Crippen LogP) is 4.91. The quantitative estimate of drug-likeness (QED) is 0.702. The second kappa shape index (κ2) is 7.20. The van der Waals surface area contributed by atoms with Gasteiger partial charge in [-0.3, -0.25) is 0 Å². The molecule has 0 aliphatic carbocycles. The summed E-state index contributed by atoms with van der Waals surface area (Å²) in [5.74, 6) is 0. The van der Waals surface area contributed by atoms with E-state index in [1.165, 1.54) is 11.1 Å². The summed E-state index contributed by atoms with van der Waals surface area (Å²) < 4.78 is 5.73. The standard InChI is InChI=1S/C18H18N2OS/c1-14-7-9-16(10-8-14)20-18-19-11-17(22-18)13-21-12-15-5-3-2-4-6-15/h2-11H,12-13H2,1H3,(H,19,20). The fraction of sp³-hybridized carbons (Fsp3) is 0.167. The molecular weight excluding hydrogens is 292 g/mol. The number of hydrogen-bond donors (Lipinski definition) is 1. The zero-order chi connectivity index (χ0) is 15.2. The van der Waals surface area contributed by atoms with E-state index in [0.29, 0.717) is 13.2 Å². The minimum Gasteiger partial charge on any atom is -0.371 e. The molecule has 0 unspecified atom stereocenters. The van der Waals surface area contributed by atoms with Crippen LogP contribution >= 0.6 is 11.3 Å². The molecule has 112 valence electrons. The van der Waals surface area contributed by atoms with Gasteiger partial charge in [0.25, 0.3) is 0 Å². The van der Waals surface area contributed by atoms with E-state index in [-0.39, 0.29) is 0 Å². The number of ether oxygens (including phenoxy) is 1. The van der Waals surface area contributed by atoms with Gasteiger partial charge in [-0.05, 0) is 24.6 Å². The molecule has 0 amide bonds. The van der Waals surface area contributed by atoms with Crippen LogP contribution in [0.15, 0.2) is 60.8 Å². The molecule has 0 radical (unpaired) electrons. The maximum atomic E-state index is 5.73. The molecule has 2 aromatic carbocycles. The number of nitrogens with zero attached hydrogens (tertiary/aromatic N) is 1. The lowest BCUT2D eigenvalue weighted by Crippen LogP contribution is -1.91. The summed E-state index contributed by atoms with van der Waals surface area (Å²) in [5.41, 5.74) is 3.49. The van der Waals surface area contributed by atoms with Crippen LogP contribution in [-0.4, -0.2) is 4.98 Å². The molecule has 3 rings (SSSR count). The van der Waals surface area contributed by atoms with E-state index < -0.39 is 0 Å². The summed E-state index contributed by atoms with van der Waals surface area (Å²) in [6, 6.07) is 18.5. The van der Waals surface area contributed by atoms with Gasteiger partial charge in [-0.15, -0.1) is 0 Å². The van der Waals surface area contributed by atoms with Crippen molar-refractivity contribution in [1.82, 2.24) is 4.98 Å². The first-order valence-corrected chi connectivity index (χ1v) is 8.01. The maximum absolute atomic E-state index is 5.73. The maximum Gasteiger partial charge on any atom is 0.187 e. The van der Waals surface area contributed by atoms with Gasteiger partial charge in [0.1, 0.15) is 0 Å². The highest BCUT2D eigenvalue weighted by Crippen LogP contribution is 2.23. The smallest absolute Gasteiger partial charge is 0.187 e. The molecule has 0 aliphatic rings. The van der Waals surface area contributed by atoms with E-state index in [2.05, 4.69) is 53.6 Å². The van der Waals surface area contributed by atoms with Crippen molar-refractivity contribution < 1.29 is 4.74 Å². The minimum absolute atomic E-state index is 0.585. The number of thiazole rings is 1.